The number of sulfonamides is 1. The molecule has 2 fully saturated rings. The van der Waals surface area contributed by atoms with Crippen LogP contribution >= 0.6 is 0 Å². The molecule has 0 amide bonds. The van der Waals surface area contributed by atoms with E-state index in [0.717, 1.165) is 52.2 Å². The summed E-state index contributed by atoms with van der Waals surface area (Å²) < 4.78 is 25.7. The lowest BCUT2D eigenvalue weighted by Gasteiger charge is -2.30. The molecule has 6 nitrogen and oxygen atoms in total. The zero-order valence-corrected chi connectivity index (χ0v) is 15.4. The van der Waals surface area contributed by atoms with E-state index in [-0.39, 0.29) is 6.04 Å². The zero-order chi connectivity index (χ0) is 17.2. The fourth-order valence-corrected chi connectivity index (χ4v) is 4.39. The Balaban J connectivity index is 1.73. The highest BCUT2D eigenvalue weighted by atomic mass is 32.2. The van der Waals surface area contributed by atoms with Gasteiger partial charge >= 0.3 is 0 Å². The van der Waals surface area contributed by atoms with E-state index in [4.69, 9.17) is 0 Å². The highest BCUT2D eigenvalue weighted by molar-refractivity contribution is 7.88. The first kappa shape index (κ1) is 17.7. The van der Waals surface area contributed by atoms with Crippen LogP contribution in [0.25, 0.3) is 0 Å². The molecular formula is C17H28N4O2S. The average Bonchev–Trinajstić information content (AvgIpc) is 2.96. The number of benzene rings is 1. The minimum absolute atomic E-state index is 0.00699. The second kappa shape index (κ2) is 7.39. The van der Waals surface area contributed by atoms with Gasteiger partial charge in [-0.1, -0.05) is 12.1 Å². The summed E-state index contributed by atoms with van der Waals surface area (Å²) in [7, 11) is -3.15. The predicted molar refractivity (Wildman–Crippen MR) is 97.9 cm³/mol. The van der Waals surface area contributed by atoms with E-state index >= 15 is 0 Å². The van der Waals surface area contributed by atoms with Crippen LogP contribution in [0.2, 0.25) is 0 Å². The number of rotatable bonds is 5. The van der Waals surface area contributed by atoms with Crippen molar-refractivity contribution in [3.05, 3.63) is 29.3 Å². The smallest absolute Gasteiger partial charge is 0.209 e. The molecule has 1 atom stereocenters. The fraction of sp³-hybridized carbons (Fsp3) is 0.647. The Labute approximate surface area is 145 Å². The van der Waals surface area contributed by atoms with Crippen molar-refractivity contribution >= 4 is 15.7 Å². The Kier molecular flexibility index (Phi) is 5.44. The molecule has 1 aromatic carbocycles. The molecule has 0 aromatic heterocycles. The van der Waals surface area contributed by atoms with Crippen molar-refractivity contribution in [3.8, 4) is 0 Å². The van der Waals surface area contributed by atoms with E-state index < -0.39 is 10.0 Å². The fourth-order valence-electron chi connectivity index (χ4n) is 3.59. The summed E-state index contributed by atoms with van der Waals surface area (Å²) in [4.78, 5) is 4.81. The van der Waals surface area contributed by atoms with Gasteiger partial charge in [0.05, 0.1) is 6.26 Å². The summed E-state index contributed by atoms with van der Waals surface area (Å²) in [5.41, 5.74) is 3.84. The molecule has 0 aliphatic carbocycles. The van der Waals surface area contributed by atoms with Crippen molar-refractivity contribution in [2.24, 2.45) is 0 Å². The monoisotopic (exact) mass is 352 g/mol. The molecule has 2 heterocycles. The SMILES string of the molecule is Cc1ccc(CN2CCNCC2)c(N2CC[C@@H](NS(C)(=O)=O)C2)c1. The third kappa shape index (κ3) is 4.69. The van der Waals surface area contributed by atoms with Gasteiger partial charge in [0.15, 0.2) is 0 Å². The molecule has 2 saturated heterocycles. The maximum Gasteiger partial charge on any atom is 0.209 e. The number of nitrogens with one attached hydrogen (secondary N) is 2. The second-order valence-corrected chi connectivity index (χ2v) is 8.76. The summed E-state index contributed by atoms with van der Waals surface area (Å²) in [5.74, 6) is 0. The third-order valence-corrected chi connectivity index (χ3v) is 5.52. The third-order valence-electron chi connectivity index (χ3n) is 4.75. The lowest BCUT2D eigenvalue weighted by molar-refractivity contribution is 0.233. The summed E-state index contributed by atoms with van der Waals surface area (Å²) in [6, 6.07) is 6.64. The molecule has 0 radical (unpaired) electrons. The lowest BCUT2D eigenvalue weighted by Crippen LogP contribution is -2.43. The van der Waals surface area contributed by atoms with E-state index in [0.29, 0.717) is 0 Å². The van der Waals surface area contributed by atoms with Crippen LogP contribution in [0.4, 0.5) is 5.69 Å². The molecule has 0 saturated carbocycles. The molecule has 0 unspecified atom stereocenters. The lowest BCUT2D eigenvalue weighted by atomic mass is 10.1. The van der Waals surface area contributed by atoms with Gasteiger partial charge < -0.3 is 10.2 Å². The van der Waals surface area contributed by atoms with E-state index in [1.807, 2.05) is 0 Å². The van der Waals surface area contributed by atoms with Crippen molar-refractivity contribution in [1.82, 2.24) is 14.9 Å². The Morgan fingerprint density at radius 2 is 2.00 bits per heavy atom. The van der Waals surface area contributed by atoms with E-state index in [9.17, 15) is 8.42 Å². The number of nitrogens with zero attached hydrogens (tertiary/aromatic N) is 2. The summed E-state index contributed by atoms with van der Waals surface area (Å²) >= 11 is 0. The molecule has 2 aliphatic heterocycles. The number of hydrogen-bond acceptors (Lipinski definition) is 5. The zero-order valence-electron chi connectivity index (χ0n) is 14.6. The Hall–Kier alpha value is -1.15. The first-order chi connectivity index (χ1) is 11.4. The number of aryl methyl sites for hydroxylation is 1. The van der Waals surface area contributed by atoms with Gasteiger partial charge in [-0.05, 0) is 30.5 Å². The summed E-state index contributed by atoms with van der Waals surface area (Å²) in [5, 5.41) is 3.39. The number of piperazine rings is 1. The molecule has 0 spiro atoms. The largest absolute Gasteiger partial charge is 0.370 e. The van der Waals surface area contributed by atoms with Crippen LogP contribution in [0.5, 0.6) is 0 Å². The Morgan fingerprint density at radius 3 is 2.71 bits per heavy atom. The van der Waals surface area contributed by atoms with Crippen LogP contribution < -0.4 is 14.9 Å². The van der Waals surface area contributed by atoms with Crippen molar-refractivity contribution in [3.63, 3.8) is 0 Å². The highest BCUT2D eigenvalue weighted by Crippen LogP contribution is 2.27. The van der Waals surface area contributed by atoms with Crippen molar-refractivity contribution in [2.45, 2.75) is 25.9 Å². The summed E-state index contributed by atoms with van der Waals surface area (Å²) in [6.07, 6.45) is 2.09. The van der Waals surface area contributed by atoms with Crippen molar-refractivity contribution < 1.29 is 8.42 Å². The standard InChI is InChI=1S/C17H28N4O2S/c1-14-3-4-15(12-20-9-6-18-7-10-20)17(11-14)21-8-5-16(13-21)19-24(2,22)23/h3-4,11,16,18-19H,5-10,12-13H2,1-2H3/t16-/m1/s1. The van der Waals surface area contributed by atoms with Gasteiger partial charge in [-0.15, -0.1) is 0 Å². The first-order valence-corrected chi connectivity index (χ1v) is 10.5. The average molecular weight is 353 g/mol. The molecule has 0 bridgehead atoms. The maximum atomic E-state index is 11.5. The minimum Gasteiger partial charge on any atom is -0.370 e. The quantitative estimate of drug-likeness (QED) is 0.809. The van der Waals surface area contributed by atoms with E-state index in [2.05, 4.69) is 45.0 Å². The molecule has 134 valence electrons. The second-order valence-electron chi connectivity index (χ2n) is 6.98. The molecule has 7 heteroatoms. The van der Waals surface area contributed by atoms with Gasteiger partial charge in [0, 0.05) is 57.5 Å². The van der Waals surface area contributed by atoms with Crippen molar-refractivity contribution in [2.75, 3.05) is 50.4 Å². The van der Waals surface area contributed by atoms with Crippen LogP contribution in [0.1, 0.15) is 17.5 Å². The summed E-state index contributed by atoms with van der Waals surface area (Å²) in [6.45, 7) is 8.95. The number of hydrogen-bond donors (Lipinski definition) is 2. The predicted octanol–water partition coefficient (Wildman–Crippen LogP) is 0.528. The van der Waals surface area contributed by atoms with Crippen LogP contribution in [0, 0.1) is 6.92 Å². The van der Waals surface area contributed by atoms with E-state index in [1.54, 1.807) is 0 Å². The molecule has 3 rings (SSSR count). The minimum atomic E-state index is -3.15. The molecule has 1 aromatic rings. The first-order valence-electron chi connectivity index (χ1n) is 8.65. The Morgan fingerprint density at radius 1 is 1.25 bits per heavy atom. The highest BCUT2D eigenvalue weighted by Gasteiger charge is 2.26. The van der Waals surface area contributed by atoms with Crippen LogP contribution in [-0.2, 0) is 16.6 Å². The molecule has 2 aliphatic rings. The van der Waals surface area contributed by atoms with Gasteiger partial charge in [0.25, 0.3) is 0 Å². The molecule has 2 N–H and O–H groups in total. The normalized spacial score (nSPS) is 22.9. The maximum absolute atomic E-state index is 11.5. The van der Waals surface area contributed by atoms with Crippen LogP contribution in [-0.4, -0.2) is 64.9 Å². The molecule has 24 heavy (non-hydrogen) atoms. The van der Waals surface area contributed by atoms with Gasteiger partial charge in [-0.25, -0.2) is 13.1 Å². The van der Waals surface area contributed by atoms with Gasteiger partial charge in [-0.2, -0.15) is 0 Å². The van der Waals surface area contributed by atoms with Gasteiger partial charge in [0.2, 0.25) is 10.0 Å². The van der Waals surface area contributed by atoms with Gasteiger partial charge in [-0.3, -0.25) is 4.90 Å². The van der Waals surface area contributed by atoms with E-state index in [1.165, 1.54) is 23.1 Å². The topological polar surface area (TPSA) is 64.7 Å². The number of anilines is 1. The van der Waals surface area contributed by atoms with Crippen LogP contribution in [0.3, 0.4) is 0 Å². The van der Waals surface area contributed by atoms with Gasteiger partial charge in [0.1, 0.15) is 0 Å². The molecular weight excluding hydrogens is 324 g/mol. The Bertz CT molecular complexity index is 671. The van der Waals surface area contributed by atoms with Crippen LogP contribution in [0.15, 0.2) is 18.2 Å². The van der Waals surface area contributed by atoms with Crippen molar-refractivity contribution in [1.29, 1.82) is 0 Å².